The van der Waals surface area contributed by atoms with Crippen molar-refractivity contribution in [2.75, 3.05) is 20.3 Å². The van der Waals surface area contributed by atoms with Crippen LogP contribution in [0.25, 0.3) is 0 Å². The van der Waals surface area contributed by atoms with Gasteiger partial charge in [0.2, 0.25) is 0 Å². The summed E-state index contributed by atoms with van der Waals surface area (Å²) in [6.45, 7) is 6.23. The van der Waals surface area contributed by atoms with Crippen molar-refractivity contribution in [2.45, 2.75) is 43.6 Å². The number of methoxy groups -OCH3 is 1. The number of aliphatic carboxylic acids is 1. The lowest BCUT2D eigenvalue weighted by molar-refractivity contribution is -0.139. The standard InChI is InChI=1S/C22H30N6O4S/c1-12-9-25-16(19(29)30)15(12)18-26-21(28(27-18)20(31)22(2,3)11-32-4)33-10-13-5-7-14(8-6-13)17(23)24/h5-8,12,15-16,25H,9-11H2,1-4H3,(H3,23,24)(H,29,30). The highest BCUT2D eigenvalue weighted by Crippen LogP contribution is 2.34. The normalized spacial score (nSPS) is 20.7. The molecule has 3 unspecified atom stereocenters. The number of carboxylic acid groups (broad SMARTS) is 1. The van der Waals surface area contributed by atoms with Gasteiger partial charge in [-0.1, -0.05) is 43.0 Å². The van der Waals surface area contributed by atoms with Gasteiger partial charge in [0.15, 0.2) is 11.0 Å². The molecule has 178 valence electrons. The van der Waals surface area contributed by atoms with Crippen molar-refractivity contribution in [3.05, 3.63) is 41.2 Å². The molecule has 1 fully saturated rings. The van der Waals surface area contributed by atoms with Crippen LogP contribution in [0.4, 0.5) is 0 Å². The van der Waals surface area contributed by atoms with Crippen molar-refractivity contribution in [3.8, 4) is 0 Å². The summed E-state index contributed by atoms with van der Waals surface area (Å²) in [5.74, 6) is -0.839. The monoisotopic (exact) mass is 474 g/mol. The van der Waals surface area contributed by atoms with Crippen LogP contribution in [-0.2, 0) is 15.3 Å². The Labute approximate surface area is 196 Å². The number of nitrogen functional groups attached to an aromatic ring is 1. The maximum atomic E-state index is 13.3. The predicted octanol–water partition coefficient (Wildman–Crippen LogP) is 1.94. The van der Waals surface area contributed by atoms with E-state index in [1.807, 2.05) is 19.1 Å². The zero-order valence-corrected chi connectivity index (χ0v) is 20.0. The third-order valence-corrected chi connectivity index (χ3v) is 6.70. The number of carboxylic acids is 1. The minimum absolute atomic E-state index is 0.000938. The fourth-order valence-electron chi connectivity index (χ4n) is 3.86. The van der Waals surface area contributed by atoms with Crippen molar-refractivity contribution < 1.29 is 19.4 Å². The van der Waals surface area contributed by atoms with Gasteiger partial charge in [0.25, 0.3) is 5.91 Å². The first kappa shape index (κ1) is 24.9. The molecule has 0 aliphatic carbocycles. The van der Waals surface area contributed by atoms with Crippen LogP contribution in [0.2, 0.25) is 0 Å². The van der Waals surface area contributed by atoms with Crippen LogP contribution in [0, 0.1) is 16.7 Å². The highest BCUT2D eigenvalue weighted by atomic mass is 32.2. The molecule has 5 N–H and O–H groups in total. The summed E-state index contributed by atoms with van der Waals surface area (Å²) in [7, 11) is 1.53. The van der Waals surface area contributed by atoms with E-state index in [9.17, 15) is 14.7 Å². The molecule has 0 saturated carbocycles. The first-order valence-corrected chi connectivity index (χ1v) is 11.6. The molecule has 2 aromatic rings. The molecule has 2 heterocycles. The molecule has 1 aromatic carbocycles. The fraction of sp³-hybridized carbons (Fsp3) is 0.500. The number of hydrogen-bond donors (Lipinski definition) is 4. The van der Waals surface area contributed by atoms with Crippen molar-refractivity contribution >= 4 is 29.5 Å². The van der Waals surface area contributed by atoms with Crippen molar-refractivity contribution in [3.63, 3.8) is 0 Å². The number of nitrogens with two attached hydrogens (primary N) is 1. The lowest BCUT2D eigenvalue weighted by atomic mass is 9.91. The Morgan fingerprint density at radius 2 is 2.03 bits per heavy atom. The predicted molar refractivity (Wildman–Crippen MR) is 125 cm³/mol. The van der Waals surface area contributed by atoms with Gasteiger partial charge in [0.05, 0.1) is 17.9 Å². The third kappa shape index (κ3) is 5.43. The van der Waals surface area contributed by atoms with E-state index in [0.29, 0.717) is 28.8 Å². The molecule has 3 atom stereocenters. The van der Waals surface area contributed by atoms with Gasteiger partial charge in [-0.2, -0.15) is 4.68 Å². The van der Waals surface area contributed by atoms with Crippen LogP contribution < -0.4 is 11.1 Å². The molecule has 11 heteroatoms. The Hall–Kier alpha value is -2.76. The molecular weight excluding hydrogens is 444 g/mol. The Morgan fingerprint density at radius 1 is 1.36 bits per heavy atom. The lowest BCUT2D eigenvalue weighted by Gasteiger charge is -2.21. The van der Waals surface area contributed by atoms with Crippen LogP contribution >= 0.6 is 11.8 Å². The maximum Gasteiger partial charge on any atom is 0.321 e. The number of hydrogen-bond acceptors (Lipinski definition) is 8. The van der Waals surface area contributed by atoms with E-state index in [-0.39, 0.29) is 24.3 Å². The van der Waals surface area contributed by atoms with Gasteiger partial charge in [-0.25, -0.2) is 4.98 Å². The Kier molecular flexibility index (Phi) is 7.55. The van der Waals surface area contributed by atoms with E-state index >= 15 is 0 Å². The third-order valence-electron chi connectivity index (χ3n) is 5.70. The van der Waals surface area contributed by atoms with E-state index in [1.54, 1.807) is 26.0 Å². The molecule has 0 spiro atoms. The average molecular weight is 475 g/mol. The average Bonchev–Trinajstić information content (AvgIpc) is 3.35. The SMILES string of the molecule is COCC(C)(C)C(=O)n1nc(C2C(C)CNC2C(=O)O)nc1SCc1ccc(C(=N)N)cc1. The number of carbonyl (C=O) groups excluding carboxylic acids is 1. The number of nitrogens with zero attached hydrogens (tertiary/aromatic N) is 3. The highest BCUT2D eigenvalue weighted by Gasteiger charge is 2.42. The zero-order valence-electron chi connectivity index (χ0n) is 19.2. The summed E-state index contributed by atoms with van der Waals surface area (Å²) in [6.07, 6.45) is 0. The maximum absolute atomic E-state index is 13.3. The summed E-state index contributed by atoms with van der Waals surface area (Å²) in [5.41, 5.74) is 6.27. The van der Waals surface area contributed by atoms with Gasteiger partial charge in [-0.3, -0.25) is 15.0 Å². The largest absolute Gasteiger partial charge is 0.480 e. The smallest absolute Gasteiger partial charge is 0.321 e. The minimum Gasteiger partial charge on any atom is -0.480 e. The quantitative estimate of drug-likeness (QED) is 0.242. The van der Waals surface area contributed by atoms with Gasteiger partial charge < -0.3 is 20.9 Å². The first-order valence-electron chi connectivity index (χ1n) is 10.6. The van der Waals surface area contributed by atoms with E-state index in [1.165, 1.54) is 23.6 Å². The van der Waals surface area contributed by atoms with Gasteiger partial charge in [-0.15, -0.1) is 5.10 Å². The number of rotatable bonds is 9. The van der Waals surface area contributed by atoms with Gasteiger partial charge in [0, 0.05) is 18.4 Å². The number of thioether (sulfide) groups is 1. The lowest BCUT2D eigenvalue weighted by Crippen LogP contribution is -2.36. The van der Waals surface area contributed by atoms with Crippen LogP contribution in [0.1, 0.15) is 48.4 Å². The second-order valence-corrected chi connectivity index (χ2v) is 9.86. The molecule has 1 aliphatic rings. The molecule has 10 nitrogen and oxygen atoms in total. The van der Waals surface area contributed by atoms with E-state index in [4.69, 9.17) is 15.9 Å². The summed E-state index contributed by atoms with van der Waals surface area (Å²) in [4.78, 5) is 29.7. The van der Waals surface area contributed by atoms with Gasteiger partial charge >= 0.3 is 5.97 Å². The number of aromatic nitrogens is 3. The van der Waals surface area contributed by atoms with Crippen LogP contribution in [0.15, 0.2) is 29.4 Å². The molecule has 0 bridgehead atoms. The molecule has 1 saturated heterocycles. The van der Waals surface area contributed by atoms with Crippen LogP contribution in [0.3, 0.4) is 0 Å². The summed E-state index contributed by atoms with van der Waals surface area (Å²) in [6, 6.07) is 6.46. The molecule has 0 radical (unpaired) electrons. The summed E-state index contributed by atoms with van der Waals surface area (Å²) >= 11 is 1.34. The van der Waals surface area contributed by atoms with Gasteiger partial charge in [-0.05, 0) is 31.9 Å². The fourth-order valence-corrected chi connectivity index (χ4v) is 4.75. The van der Waals surface area contributed by atoms with Gasteiger partial charge in [0.1, 0.15) is 11.9 Å². The van der Waals surface area contributed by atoms with Crippen molar-refractivity contribution in [1.82, 2.24) is 20.1 Å². The van der Waals surface area contributed by atoms with Crippen molar-refractivity contribution in [1.29, 1.82) is 5.41 Å². The van der Waals surface area contributed by atoms with E-state index in [2.05, 4.69) is 15.4 Å². The molecular formula is C22H30N6O4S. The van der Waals surface area contributed by atoms with E-state index in [0.717, 1.165) is 5.56 Å². The Balaban J connectivity index is 1.93. The van der Waals surface area contributed by atoms with Crippen LogP contribution in [0.5, 0.6) is 0 Å². The highest BCUT2D eigenvalue weighted by molar-refractivity contribution is 7.98. The zero-order chi connectivity index (χ0) is 24.3. The number of benzene rings is 1. The summed E-state index contributed by atoms with van der Waals surface area (Å²) < 4.78 is 6.50. The molecule has 3 rings (SSSR count). The molecule has 1 aliphatic heterocycles. The first-order chi connectivity index (χ1) is 15.5. The minimum atomic E-state index is -0.966. The van der Waals surface area contributed by atoms with Crippen LogP contribution in [-0.4, -0.2) is 63.9 Å². The Bertz CT molecular complexity index is 1040. The van der Waals surface area contributed by atoms with Crippen molar-refractivity contribution in [2.24, 2.45) is 17.1 Å². The summed E-state index contributed by atoms with van der Waals surface area (Å²) in [5, 5.41) is 25.1. The second-order valence-electron chi connectivity index (χ2n) is 8.91. The van der Waals surface area contributed by atoms with E-state index < -0.39 is 23.3 Å². The Morgan fingerprint density at radius 3 is 2.61 bits per heavy atom. The number of ether oxygens (including phenoxy) is 1. The molecule has 1 aromatic heterocycles. The topological polar surface area (TPSA) is 156 Å². The molecule has 0 amide bonds. The molecule has 33 heavy (non-hydrogen) atoms. The number of amidine groups is 1. The number of nitrogens with one attached hydrogen (secondary N) is 2. The number of carbonyl (C=O) groups is 2. The second kappa shape index (κ2) is 10.0.